The van der Waals surface area contributed by atoms with Crippen LogP contribution in [0.2, 0.25) is 0 Å². The van der Waals surface area contributed by atoms with Gasteiger partial charge < -0.3 is 20.1 Å². The van der Waals surface area contributed by atoms with E-state index in [0.717, 1.165) is 23.3 Å². The number of amides is 2. The van der Waals surface area contributed by atoms with Gasteiger partial charge in [0.15, 0.2) is 10.9 Å². The van der Waals surface area contributed by atoms with Crippen molar-refractivity contribution in [3.05, 3.63) is 59.4 Å². The summed E-state index contributed by atoms with van der Waals surface area (Å²) in [4.78, 5) is 39.3. The molecule has 0 fully saturated rings. The second kappa shape index (κ2) is 18.8. The Morgan fingerprint density at radius 3 is 2.44 bits per heavy atom. The highest BCUT2D eigenvalue weighted by Crippen LogP contribution is 2.28. The number of carbonyl (C=O) groups is 2. The van der Waals surface area contributed by atoms with E-state index in [9.17, 15) is 9.59 Å². The summed E-state index contributed by atoms with van der Waals surface area (Å²) in [6.07, 6.45) is 5.71. The Kier molecular flexibility index (Phi) is 16.4. The van der Waals surface area contributed by atoms with Gasteiger partial charge in [0.2, 0.25) is 0 Å². The van der Waals surface area contributed by atoms with Crippen LogP contribution in [0.1, 0.15) is 73.8 Å². The Balaban J connectivity index is 0.00000295. The third-order valence-electron chi connectivity index (χ3n) is 5.83. The maximum Gasteiger partial charge on any atom is 0.287 e. The van der Waals surface area contributed by atoms with Crippen molar-refractivity contribution in [3.8, 4) is 11.3 Å². The van der Waals surface area contributed by atoms with E-state index in [1.54, 1.807) is 19.3 Å². The smallest absolute Gasteiger partial charge is 0.287 e. The van der Waals surface area contributed by atoms with E-state index < -0.39 is 17.9 Å². The minimum absolute atomic E-state index is 0.0435. The number of carbonyl (C=O) groups excluding carboxylic acids is 2. The summed E-state index contributed by atoms with van der Waals surface area (Å²) < 4.78 is 10.8. The third-order valence-corrected chi connectivity index (χ3v) is 6.59. The number of aromatic nitrogens is 1. The van der Waals surface area contributed by atoms with E-state index >= 15 is 0 Å². The SMILES string of the molecule is C=C(O/C(=C\C)C(C)(C)C)C(=O)NC(COC)C(=O)Nc1nc(-c2cccc(C(C=NC)=NC(C)CC)c2)cs1.CCC. The first kappa shape index (κ1) is 37.4. The fourth-order valence-corrected chi connectivity index (χ4v) is 4.26. The second-order valence-corrected chi connectivity index (χ2v) is 11.7. The van der Waals surface area contributed by atoms with Crippen LogP contribution in [0.15, 0.2) is 63.8 Å². The molecular formula is C33H49N5O4S. The molecule has 2 N–H and O–H groups in total. The van der Waals surface area contributed by atoms with E-state index in [4.69, 9.17) is 14.5 Å². The van der Waals surface area contributed by atoms with Gasteiger partial charge in [-0.05, 0) is 32.4 Å². The van der Waals surface area contributed by atoms with Crippen LogP contribution in [0.3, 0.4) is 0 Å². The quantitative estimate of drug-likeness (QED) is 0.143. The Labute approximate surface area is 261 Å². The van der Waals surface area contributed by atoms with Gasteiger partial charge in [0.25, 0.3) is 11.8 Å². The molecule has 2 rings (SSSR count). The number of methoxy groups -OCH3 is 1. The number of allylic oxidation sites excluding steroid dienone is 2. The van der Waals surface area contributed by atoms with E-state index in [1.165, 1.54) is 24.9 Å². The van der Waals surface area contributed by atoms with Gasteiger partial charge in [0, 0.05) is 48.3 Å². The first-order valence-electron chi connectivity index (χ1n) is 14.5. The normalized spacial score (nSPS) is 13.5. The Morgan fingerprint density at radius 1 is 1.21 bits per heavy atom. The van der Waals surface area contributed by atoms with Crippen LogP contribution in [0.25, 0.3) is 11.3 Å². The number of thiazole rings is 1. The van der Waals surface area contributed by atoms with Crippen molar-refractivity contribution in [2.24, 2.45) is 15.4 Å². The predicted octanol–water partition coefficient (Wildman–Crippen LogP) is 7.06. The number of benzene rings is 1. The van der Waals surface area contributed by atoms with Gasteiger partial charge in [-0.25, -0.2) is 4.98 Å². The summed E-state index contributed by atoms with van der Waals surface area (Å²) in [5, 5.41) is 7.66. The molecule has 0 aliphatic rings. The molecule has 2 amide bonds. The van der Waals surface area contributed by atoms with E-state index in [1.807, 2.05) is 57.3 Å². The van der Waals surface area contributed by atoms with E-state index in [-0.39, 0.29) is 23.8 Å². The van der Waals surface area contributed by atoms with Crippen LogP contribution in [0.4, 0.5) is 5.13 Å². The molecular weight excluding hydrogens is 562 g/mol. The van der Waals surface area contributed by atoms with Crippen LogP contribution in [-0.2, 0) is 19.1 Å². The highest BCUT2D eigenvalue weighted by molar-refractivity contribution is 7.14. The number of rotatable bonds is 13. The van der Waals surface area contributed by atoms with Crippen molar-refractivity contribution in [1.82, 2.24) is 10.3 Å². The minimum Gasteiger partial charge on any atom is -0.456 e. The van der Waals surface area contributed by atoms with E-state index in [0.29, 0.717) is 16.6 Å². The van der Waals surface area contributed by atoms with Crippen molar-refractivity contribution in [3.63, 3.8) is 0 Å². The predicted molar refractivity (Wildman–Crippen MR) is 180 cm³/mol. The zero-order valence-electron chi connectivity index (χ0n) is 27.4. The number of nitrogens with zero attached hydrogens (tertiary/aromatic N) is 3. The lowest BCUT2D eigenvalue weighted by atomic mass is 9.93. The first-order valence-corrected chi connectivity index (χ1v) is 15.4. The maximum absolute atomic E-state index is 13.0. The fraction of sp³-hybridized carbons (Fsp3) is 0.485. The molecule has 0 spiro atoms. The van der Waals surface area contributed by atoms with Gasteiger partial charge in [0.1, 0.15) is 11.8 Å². The van der Waals surface area contributed by atoms with Crippen LogP contribution >= 0.6 is 11.3 Å². The first-order chi connectivity index (χ1) is 20.3. The monoisotopic (exact) mass is 611 g/mol. The summed E-state index contributed by atoms with van der Waals surface area (Å²) >= 11 is 1.28. The van der Waals surface area contributed by atoms with Crippen LogP contribution in [0.5, 0.6) is 0 Å². The number of hydrogen-bond acceptors (Lipinski definition) is 8. The minimum atomic E-state index is -0.982. The third kappa shape index (κ3) is 12.6. The highest BCUT2D eigenvalue weighted by Gasteiger charge is 2.26. The molecule has 2 atom stereocenters. The molecule has 43 heavy (non-hydrogen) atoms. The van der Waals surface area contributed by atoms with E-state index in [2.05, 4.69) is 54.9 Å². The average Bonchev–Trinajstić information content (AvgIpc) is 3.43. The van der Waals surface area contributed by atoms with Gasteiger partial charge in [0.05, 0.1) is 18.0 Å². The zero-order valence-corrected chi connectivity index (χ0v) is 28.2. The Hall–Kier alpha value is -3.63. The van der Waals surface area contributed by atoms with Crippen molar-refractivity contribution >= 4 is 40.2 Å². The fourth-order valence-electron chi connectivity index (χ4n) is 3.54. The summed E-state index contributed by atoms with van der Waals surface area (Å²) in [5.74, 6) is -0.595. The average molecular weight is 612 g/mol. The lowest BCUT2D eigenvalue weighted by Crippen LogP contribution is -2.47. The molecule has 1 aromatic carbocycles. The van der Waals surface area contributed by atoms with Crippen molar-refractivity contribution < 1.29 is 19.1 Å². The van der Waals surface area contributed by atoms with Crippen LogP contribution in [0, 0.1) is 5.41 Å². The molecule has 0 bridgehead atoms. The highest BCUT2D eigenvalue weighted by atomic mass is 32.1. The molecule has 0 radical (unpaired) electrons. The summed E-state index contributed by atoms with van der Waals surface area (Å²) in [6.45, 7) is 19.8. The molecule has 2 aromatic rings. The number of nitrogens with one attached hydrogen (secondary N) is 2. The number of hydrogen-bond donors (Lipinski definition) is 2. The summed E-state index contributed by atoms with van der Waals surface area (Å²) in [6, 6.07) is 7.06. The molecule has 1 heterocycles. The molecule has 0 saturated carbocycles. The van der Waals surface area contributed by atoms with Crippen molar-refractivity contribution in [2.75, 3.05) is 26.1 Å². The largest absolute Gasteiger partial charge is 0.456 e. The standard InChI is InChI=1S/C30H41N5O4S.C3H8/c1-10-19(3)32-23(16-31-8)21-13-12-14-22(15-21)25-18-40-29(34-25)35-28(37)24(17-38-9)33-27(36)20(4)39-26(11-2)30(5,6)7;1-3-2/h11-16,18-19,24H,4,10,17H2,1-3,5-9H3,(H,33,36)(H,34,35,37);3H2,1-2H3/b26-11-,31-16?,32-23?;. The van der Waals surface area contributed by atoms with Gasteiger partial charge in [-0.2, -0.15) is 0 Å². The Bertz CT molecular complexity index is 1290. The molecule has 0 saturated heterocycles. The van der Waals surface area contributed by atoms with Crippen LogP contribution in [-0.4, -0.2) is 61.6 Å². The molecule has 10 heteroatoms. The van der Waals surface area contributed by atoms with Gasteiger partial charge >= 0.3 is 0 Å². The molecule has 0 aliphatic carbocycles. The lowest BCUT2D eigenvalue weighted by Gasteiger charge is -2.24. The van der Waals surface area contributed by atoms with Gasteiger partial charge in [-0.1, -0.05) is 72.7 Å². The molecule has 1 aromatic heterocycles. The topological polar surface area (TPSA) is 114 Å². The summed E-state index contributed by atoms with van der Waals surface area (Å²) in [5.41, 5.74) is 3.00. The molecule has 2 unspecified atom stereocenters. The van der Waals surface area contributed by atoms with Crippen molar-refractivity contribution in [1.29, 1.82) is 0 Å². The number of anilines is 1. The summed E-state index contributed by atoms with van der Waals surface area (Å²) in [7, 11) is 3.17. The second-order valence-electron chi connectivity index (χ2n) is 10.9. The molecule has 0 aliphatic heterocycles. The lowest BCUT2D eigenvalue weighted by molar-refractivity contribution is -0.127. The maximum atomic E-state index is 13.0. The molecule has 236 valence electrons. The number of ether oxygens (including phenoxy) is 2. The zero-order chi connectivity index (χ0) is 32.6. The van der Waals surface area contributed by atoms with Gasteiger partial charge in [-0.3, -0.25) is 19.6 Å². The van der Waals surface area contributed by atoms with Crippen molar-refractivity contribution in [2.45, 2.75) is 80.3 Å². The number of aliphatic imine (C=N–C) groups is 2. The Morgan fingerprint density at radius 2 is 1.88 bits per heavy atom. The van der Waals surface area contributed by atoms with Gasteiger partial charge in [-0.15, -0.1) is 11.3 Å². The van der Waals surface area contributed by atoms with Crippen LogP contribution < -0.4 is 10.6 Å². The molecule has 9 nitrogen and oxygen atoms in total.